The van der Waals surface area contributed by atoms with Crippen LogP contribution in [0, 0.1) is 13.8 Å². The maximum Gasteiger partial charge on any atom is 0.226 e. The van der Waals surface area contributed by atoms with Gasteiger partial charge in [-0.2, -0.15) is 0 Å². The second kappa shape index (κ2) is 7.70. The molecule has 1 amide bonds. The Morgan fingerprint density at radius 1 is 1.40 bits per heavy atom. The maximum atomic E-state index is 12.7. The van der Waals surface area contributed by atoms with Crippen LogP contribution in [0.3, 0.4) is 0 Å². The third kappa shape index (κ3) is 4.02. The van der Waals surface area contributed by atoms with Gasteiger partial charge in [0.05, 0.1) is 13.0 Å². The summed E-state index contributed by atoms with van der Waals surface area (Å²) in [5.41, 5.74) is 2.31. The topological polar surface area (TPSA) is 59.4 Å². The van der Waals surface area contributed by atoms with Gasteiger partial charge in [-0.05, 0) is 25.5 Å². The number of hydrogen-bond acceptors (Lipinski definition) is 4. The van der Waals surface area contributed by atoms with Crippen molar-refractivity contribution >= 4 is 5.91 Å². The Morgan fingerprint density at radius 2 is 2.24 bits per heavy atom. The predicted molar refractivity (Wildman–Crippen MR) is 96.6 cm³/mol. The molecule has 1 N–H and O–H groups in total. The van der Waals surface area contributed by atoms with Gasteiger partial charge in [-0.1, -0.05) is 17.7 Å². The summed E-state index contributed by atoms with van der Waals surface area (Å²) in [6.07, 6.45) is 4.06. The van der Waals surface area contributed by atoms with Crippen molar-refractivity contribution in [2.24, 2.45) is 7.05 Å². The first-order valence-electron chi connectivity index (χ1n) is 8.73. The van der Waals surface area contributed by atoms with E-state index >= 15 is 0 Å². The zero-order valence-electron chi connectivity index (χ0n) is 15.2. The number of piperazine rings is 1. The van der Waals surface area contributed by atoms with Crippen LogP contribution in [0.25, 0.3) is 0 Å². The van der Waals surface area contributed by atoms with E-state index in [1.165, 1.54) is 5.56 Å². The number of ether oxygens (including phenoxy) is 1. The molecule has 6 heteroatoms. The van der Waals surface area contributed by atoms with Gasteiger partial charge >= 0.3 is 0 Å². The third-order valence-electron chi connectivity index (χ3n) is 4.62. The first kappa shape index (κ1) is 17.5. The van der Waals surface area contributed by atoms with Crippen LogP contribution in [0.5, 0.6) is 5.75 Å². The fourth-order valence-electron chi connectivity index (χ4n) is 3.28. The minimum Gasteiger partial charge on any atom is -0.493 e. The standard InChI is InChI=1S/C19H26N4O2/c1-14-4-5-17(15(2)12-14)25-11-6-18(24)23-10-7-20-13-16(23)19-21-8-9-22(19)3/h4-5,8-9,12,16,20H,6-7,10-11,13H2,1-3H3. The van der Waals surface area contributed by atoms with Gasteiger partial charge in [0.1, 0.15) is 17.6 Å². The molecule has 0 saturated carbocycles. The Balaban J connectivity index is 1.60. The molecule has 1 unspecified atom stereocenters. The molecule has 0 radical (unpaired) electrons. The average molecular weight is 342 g/mol. The lowest BCUT2D eigenvalue weighted by atomic mass is 10.1. The van der Waals surface area contributed by atoms with E-state index in [2.05, 4.69) is 23.3 Å². The zero-order valence-corrected chi connectivity index (χ0v) is 15.2. The molecule has 25 heavy (non-hydrogen) atoms. The molecule has 1 aliphatic heterocycles. The normalized spacial score (nSPS) is 17.6. The molecule has 1 aliphatic rings. The van der Waals surface area contributed by atoms with Crippen molar-refractivity contribution in [3.63, 3.8) is 0 Å². The Kier molecular flexibility index (Phi) is 5.38. The molecule has 0 aliphatic carbocycles. The lowest BCUT2D eigenvalue weighted by molar-refractivity contribution is -0.135. The molecule has 0 spiro atoms. The predicted octanol–water partition coefficient (Wildman–Crippen LogP) is 1.98. The smallest absolute Gasteiger partial charge is 0.226 e. The Bertz CT molecular complexity index is 741. The average Bonchev–Trinajstić information content (AvgIpc) is 3.02. The monoisotopic (exact) mass is 342 g/mol. The van der Waals surface area contributed by atoms with E-state index in [1.54, 1.807) is 6.20 Å². The van der Waals surface area contributed by atoms with Gasteiger partial charge < -0.3 is 19.5 Å². The number of rotatable bonds is 5. The fourth-order valence-corrected chi connectivity index (χ4v) is 3.28. The summed E-state index contributed by atoms with van der Waals surface area (Å²) in [7, 11) is 1.96. The van der Waals surface area contributed by atoms with E-state index in [-0.39, 0.29) is 11.9 Å². The van der Waals surface area contributed by atoms with Gasteiger partial charge in [-0.15, -0.1) is 0 Å². The SMILES string of the molecule is Cc1ccc(OCCC(=O)N2CCNCC2c2nccn2C)c(C)c1. The third-order valence-corrected chi connectivity index (χ3v) is 4.62. The molecular weight excluding hydrogens is 316 g/mol. The quantitative estimate of drug-likeness (QED) is 0.903. The molecule has 1 saturated heterocycles. The van der Waals surface area contributed by atoms with Crippen LogP contribution < -0.4 is 10.1 Å². The fraction of sp³-hybridized carbons (Fsp3) is 0.474. The molecular formula is C19H26N4O2. The summed E-state index contributed by atoms with van der Waals surface area (Å²) in [5, 5.41) is 3.35. The van der Waals surface area contributed by atoms with Crippen molar-refractivity contribution in [3.8, 4) is 5.75 Å². The van der Waals surface area contributed by atoms with E-state index in [0.717, 1.165) is 30.2 Å². The summed E-state index contributed by atoms with van der Waals surface area (Å²) < 4.78 is 7.80. The summed E-state index contributed by atoms with van der Waals surface area (Å²) in [4.78, 5) is 19.1. The number of carbonyl (C=O) groups excluding carboxylic acids is 1. The van der Waals surface area contributed by atoms with E-state index in [9.17, 15) is 4.79 Å². The summed E-state index contributed by atoms with van der Waals surface area (Å²) >= 11 is 0. The number of amides is 1. The molecule has 6 nitrogen and oxygen atoms in total. The number of nitrogens with one attached hydrogen (secondary N) is 1. The molecule has 3 rings (SSSR count). The molecule has 2 aromatic rings. The Morgan fingerprint density at radius 3 is 2.96 bits per heavy atom. The molecule has 1 aromatic heterocycles. The highest BCUT2D eigenvalue weighted by molar-refractivity contribution is 5.77. The molecule has 1 aromatic carbocycles. The Hall–Kier alpha value is -2.34. The van der Waals surface area contributed by atoms with Crippen molar-refractivity contribution in [1.82, 2.24) is 19.8 Å². The molecule has 0 bridgehead atoms. The molecule has 1 atom stereocenters. The number of carbonyl (C=O) groups is 1. The zero-order chi connectivity index (χ0) is 17.8. The lowest BCUT2D eigenvalue weighted by Crippen LogP contribution is -2.49. The van der Waals surface area contributed by atoms with Gasteiger partial charge in [0, 0.05) is 39.1 Å². The van der Waals surface area contributed by atoms with Crippen LogP contribution in [0.2, 0.25) is 0 Å². The van der Waals surface area contributed by atoms with Crippen LogP contribution in [0.1, 0.15) is 29.4 Å². The first-order chi connectivity index (χ1) is 12.1. The van der Waals surface area contributed by atoms with Crippen molar-refractivity contribution < 1.29 is 9.53 Å². The van der Waals surface area contributed by atoms with Gasteiger partial charge in [-0.3, -0.25) is 4.79 Å². The van der Waals surface area contributed by atoms with Crippen molar-refractivity contribution in [2.75, 3.05) is 26.2 Å². The molecule has 2 heterocycles. The maximum absolute atomic E-state index is 12.7. The van der Waals surface area contributed by atoms with E-state index in [1.807, 2.05) is 41.8 Å². The highest BCUT2D eigenvalue weighted by Gasteiger charge is 2.30. The molecule has 1 fully saturated rings. The second-order valence-electron chi connectivity index (χ2n) is 6.57. The van der Waals surface area contributed by atoms with E-state index in [0.29, 0.717) is 19.6 Å². The first-order valence-corrected chi connectivity index (χ1v) is 8.73. The van der Waals surface area contributed by atoms with Crippen molar-refractivity contribution in [3.05, 3.63) is 47.5 Å². The number of aryl methyl sites for hydroxylation is 3. The van der Waals surface area contributed by atoms with Crippen molar-refractivity contribution in [1.29, 1.82) is 0 Å². The van der Waals surface area contributed by atoms with Gasteiger partial charge in [0.2, 0.25) is 5.91 Å². The minimum absolute atomic E-state index is 0.0256. The number of hydrogen-bond donors (Lipinski definition) is 1. The highest BCUT2D eigenvalue weighted by atomic mass is 16.5. The number of aromatic nitrogens is 2. The van der Waals surface area contributed by atoms with E-state index in [4.69, 9.17) is 4.74 Å². The van der Waals surface area contributed by atoms with Crippen molar-refractivity contribution in [2.45, 2.75) is 26.3 Å². The van der Waals surface area contributed by atoms with Gasteiger partial charge in [0.15, 0.2) is 0 Å². The highest BCUT2D eigenvalue weighted by Crippen LogP contribution is 2.22. The summed E-state index contributed by atoms with van der Waals surface area (Å²) in [6.45, 7) is 6.71. The number of benzene rings is 1. The van der Waals surface area contributed by atoms with Crippen LogP contribution in [0.15, 0.2) is 30.6 Å². The van der Waals surface area contributed by atoms with Crippen LogP contribution in [-0.4, -0.2) is 46.6 Å². The van der Waals surface area contributed by atoms with Gasteiger partial charge in [0.25, 0.3) is 0 Å². The van der Waals surface area contributed by atoms with Crippen LogP contribution >= 0.6 is 0 Å². The van der Waals surface area contributed by atoms with Gasteiger partial charge in [-0.25, -0.2) is 4.98 Å². The van der Waals surface area contributed by atoms with E-state index < -0.39 is 0 Å². The van der Waals surface area contributed by atoms with Crippen LogP contribution in [-0.2, 0) is 11.8 Å². The summed E-state index contributed by atoms with van der Waals surface area (Å²) in [5.74, 6) is 1.87. The molecule has 134 valence electrons. The minimum atomic E-state index is -0.0256. The number of imidazole rings is 1. The summed E-state index contributed by atoms with van der Waals surface area (Å²) in [6, 6.07) is 6.06. The lowest BCUT2D eigenvalue weighted by Gasteiger charge is -2.35. The largest absolute Gasteiger partial charge is 0.493 e. The Labute approximate surface area is 148 Å². The second-order valence-corrected chi connectivity index (χ2v) is 6.57. The number of nitrogens with zero attached hydrogens (tertiary/aromatic N) is 3. The van der Waals surface area contributed by atoms with Crippen LogP contribution in [0.4, 0.5) is 0 Å².